The Morgan fingerprint density at radius 2 is 1.80 bits per heavy atom. The summed E-state index contributed by atoms with van der Waals surface area (Å²) in [6.07, 6.45) is 3.23. The van der Waals surface area contributed by atoms with Crippen molar-refractivity contribution >= 4 is 17.5 Å². The molecule has 1 aliphatic rings. The summed E-state index contributed by atoms with van der Waals surface area (Å²) in [5.41, 5.74) is 1.33. The molecule has 1 saturated heterocycles. The number of nitrogens with one attached hydrogen (secondary N) is 1. The summed E-state index contributed by atoms with van der Waals surface area (Å²) in [4.78, 5) is 22.6. The van der Waals surface area contributed by atoms with E-state index < -0.39 is 0 Å². The van der Waals surface area contributed by atoms with Crippen LogP contribution in [0.15, 0.2) is 36.7 Å². The van der Waals surface area contributed by atoms with Gasteiger partial charge in [-0.05, 0) is 38.1 Å². The van der Waals surface area contributed by atoms with Gasteiger partial charge in [-0.25, -0.2) is 9.97 Å². The molecule has 1 aliphatic heterocycles. The highest BCUT2D eigenvalue weighted by molar-refractivity contribution is 5.93. The van der Waals surface area contributed by atoms with Crippen molar-refractivity contribution in [1.29, 1.82) is 0 Å². The van der Waals surface area contributed by atoms with Crippen molar-refractivity contribution in [3.63, 3.8) is 0 Å². The average molecular weight is 342 g/mol. The van der Waals surface area contributed by atoms with Crippen LogP contribution >= 0.6 is 0 Å². The first-order chi connectivity index (χ1) is 12.1. The highest BCUT2D eigenvalue weighted by Crippen LogP contribution is 2.19. The molecule has 0 spiro atoms. The molecule has 3 rings (SSSR count). The van der Waals surface area contributed by atoms with Crippen LogP contribution in [-0.2, 0) is 4.74 Å². The third-order valence-corrected chi connectivity index (χ3v) is 3.68. The summed E-state index contributed by atoms with van der Waals surface area (Å²) >= 11 is 0. The highest BCUT2D eigenvalue weighted by Gasteiger charge is 2.19. The van der Waals surface area contributed by atoms with Gasteiger partial charge in [0.25, 0.3) is 5.91 Å². The minimum Gasteiger partial charge on any atom is -0.491 e. The van der Waals surface area contributed by atoms with Crippen LogP contribution in [0.3, 0.4) is 0 Å². The molecule has 0 radical (unpaired) electrons. The Hall–Kier alpha value is -2.67. The van der Waals surface area contributed by atoms with Crippen molar-refractivity contribution < 1.29 is 14.3 Å². The van der Waals surface area contributed by atoms with Crippen LogP contribution in [0.25, 0.3) is 0 Å². The number of rotatable bonds is 5. The molecule has 2 heterocycles. The van der Waals surface area contributed by atoms with E-state index in [2.05, 4.69) is 15.3 Å². The maximum Gasteiger partial charge on any atom is 0.257 e. The lowest BCUT2D eigenvalue weighted by Crippen LogP contribution is -2.40. The molecule has 0 aliphatic carbocycles. The topological polar surface area (TPSA) is 76.6 Å². The number of hydrogen-bond donors (Lipinski definition) is 1. The van der Waals surface area contributed by atoms with Crippen molar-refractivity contribution in [3.05, 3.63) is 42.2 Å². The van der Waals surface area contributed by atoms with Crippen LogP contribution in [0.2, 0.25) is 0 Å². The third-order valence-electron chi connectivity index (χ3n) is 3.68. The van der Waals surface area contributed by atoms with Crippen molar-refractivity contribution in [1.82, 2.24) is 14.9 Å². The number of amides is 1. The summed E-state index contributed by atoms with van der Waals surface area (Å²) in [5.74, 6) is 1.19. The van der Waals surface area contributed by atoms with Gasteiger partial charge in [0.2, 0.25) is 5.95 Å². The number of carbonyl (C=O) groups is 1. The van der Waals surface area contributed by atoms with Crippen molar-refractivity contribution in [2.75, 3.05) is 31.6 Å². The summed E-state index contributed by atoms with van der Waals surface area (Å²) in [6, 6.07) is 7.57. The number of aromatic nitrogens is 2. The van der Waals surface area contributed by atoms with Crippen molar-refractivity contribution in [2.24, 2.45) is 0 Å². The molecule has 0 bridgehead atoms. The van der Waals surface area contributed by atoms with E-state index >= 15 is 0 Å². The quantitative estimate of drug-likeness (QED) is 0.899. The second-order valence-electron chi connectivity index (χ2n) is 6.02. The first kappa shape index (κ1) is 17.2. The molecule has 7 nitrogen and oxygen atoms in total. The molecule has 1 aromatic heterocycles. The summed E-state index contributed by atoms with van der Waals surface area (Å²) in [7, 11) is 0. The predicted molar refractivity (Wildman–Crippen MR) is 94.2 cm³/mol. The number of carbonyl (C=O) groups excluding carboxylic acids is 1. The Morgan fingerprint density at radius 1 is 1.16 bits per heavy atom. The van der Waals surface area contributed by atoms with E-state index in [1.807, 2.05) is 38.1 Å². The van der Waals surface area contributed by atoms with Crippen LogP contribution in [0.5, 0.6) is 5.75 Å². The zero-order valence-electron chi connectivity index (χ0n) is 14.4. The van der Waals surface area contributed by atoms with E-state index in [-0.39, 0.29) is 12.0 Å². The maximum absolute atomic E-state index is 12.4. The van der Waals surface area contributed by atoms with E-state index in [4.69, 9.17) is 9.47 Å². The van der Waals surface area contributed by atoms with Gasteiger partial charge in [-0.2, -0.15) is 0 Å². The third kappa shape index (κ3) is 4.67. The number of morpholine rings is 1. The lowest BCUT2D eigenvalue weighted by molar-refractivity contribution is 0.0302. The number of anilines is 2. The molecule has 1 N–H and O–H groups in total. The Kier molecular flexibility index (Phi) is 5.45. The van der Waals surface area contributed by atoms with Gasteiger partial charge in [-0.1, -0.05) is 0 Å². The van der Waals surface area contributed by atoms with Gasteiger partial charge in [-0.15, -0.1) is 0 Å². The fourth-order valence-corrected chi connectivity index (χ4v) is 2.47. The summed E-state index contributed by atoms with van der Waals surface area (Å²) in [6.45, 7) is 6.32. The van der Waals surface area contributed by atoms with Gasteiger partial charge in [0.05, 0.1) is 24.9 Å². The number of hydrogen-bond acceptors (Lipinski definition) is 6. The van der Waals surface area contributed by atoms with Crippen molar-refractivity contribution in [3.8, 4) is 5.75 Å². The summed E-state index contributed by atoms with van der Waals surface area (Å²) in [5, 5.41) is 3.11. The average Bonchev–Trinajstić information content (AvgIpc) is 2.64. The first-order valence-corrected chi connectivity index (χ1v) is 8.34. The lowest BCUT2D eigenvalue weighted by atomic mass is 10.2. The van der Waals surface area contributed by atoms with Gasteiger partial charge in [0.1, 0.15) is 5.75 Å². The molecule has 1 fully saturated rings. The normalized spacial score (nSPS) is 14.4. The fraction of sp³-hybridized carbons (Fsp3) is 0.389. The van der Waals surface area contributed by atoms with E-state index in [9.17, 15) is 4.79 Å². The van der Waals surface area contributed by atoms with Gasteiger partial charge >= 0.3 is 0 Å². The van der Waals surface area contributed by atoms with Crippen LogP contribution in [0, 0.1) is 0 Å². The molecular weight excluding hydrogens is 320 g/mol. The molecule has 7 heteroatoms. The van der Waals surface area contributed by atoms with E-state index in [0.29, 0.717) is 37.8 Å². The zero-order valence-corrected chi connectivity index (χ0v) is 14.4. The molecule has 0 atom stereocenters. The monoisotopic (exact) mass is 342 g/mol. The van der Waals surface area contributed by atoms with Crippen LogP contribution in [0.1, 0.15) is 24.2 Å². The standard InChI is InChI=1S/C18H22N4O3/c1-13(2)25-16-5-3-15(4-6-16)21-18-19-11-14(12-20-18)17(23)22-7-9-24-10-8-22/h3-6,11-13H,7-10H2,1-2H3,(H,19,20,21). The molecule has 0 unspecified atom stereocenters. The minimum absolute atomic E-state index is 0.0648. The van der Waals surface area contributed by atoms with E-state index in [0.717, 1.165) is 11.4 Å². The lowest BCUT2D eigenvalue weighted by Gasteiger charge is -2.26. The molecule has 1 aromatic carbocycles. The Morgan fingerprint density at radius 3 is 2.40 bits per heavy atom. The Labute approximate surface area is 147 Å². The Bertz CT molecular complexity index is 695. The second-order valence-corrected chi connectivity index (χ2v) is 6.02. The molecule has 132 valence electrons. The van der Waals surface area contributed by atoms with Crippen LogP contribution in [-0.4, -0.2) is 53.2 Å². The zero-order chi connectivity index (χ0) is 17.6. The van der Waals surface area contributed by atoms with Crippen molar-refractivity contribution in [2.45, 2.75) is 20.0 Å². The van der Waals surface area contributed by atoms with E-state index in [1.165, 1.54) is 0 Å². The fourth-order valence-electron chi connectivity index (χ4n) is 2.47. The first-order valence-electron chi connectivity index (χ1n) is 8.34. The van der Waals surface area contributed by atoms with Crippen LogP contribution < -0.4 is 10.1 Å². The van der Waals surface area contributed by atoms with Gasteiger partial charge in [0.15, 0.2) is 0 Å². The van der Waals surface area contributed by atoms with Crippen LogP contribution in [0.4, 0.5) is 11.6 Å². The second kappa shape index (κ2) is 7.94. The smallest absolute Gasteiger partial charge is 0.257 e. The number of ether oxygens (including phenoxy) is 2. The molecule has 25 heavy (non-hydrogen) atoms. The molecular formula is C18H22N4O3. The largest absolute Gasteiger partial charge is 0.491 e. The van der Waals surface area contributed by atoms with Gasteiger partial charge < -0.3 is 19.7 Å². The minimum atomic E-state index is -0.0648. The van der Waals surface area contributed by atoms with Gasteiger partial charge in [0, 0.05) is 31.2 Å². The number of benzene rings is 1. The molecule has 1 amide bonds. The van der Waals surface area contributed by atoms with E-state index in [1.54, 1.807) is 17.3 Å². The highest BCUT2D eigenvalue weighted by atomic mass is 16.5. The molecule has 0 saturated carbocycles. The number of nitrogens with zero attached hydrogens (tertiary/aromatic N) is 3. The predicted octanol–water partition coefficient (Wildman–Crippen LogP) is 2.48. The molecule has 2 aromatic rings. The van der Waals surface area contributed by atoms with Gasteiger partial charge in [-0.3, -0.25) is 4.79 Å². The SMILES string of the molecule is CC(C)Oc1ccc(Nc2ncc(C(=O)N3CCOCC3)cn2)cc1. The maximum atomic E-state index is 12.4. The summed E-state index contributed by atoms with van der Waals surface area (Å²) < 4.78 is 10.9. The Balaban J connectivity index is 1.61.